The second-order valence-corrected chi connectivity index (χ2v) is 5.20. The first-order chi connectivity index (χ1) is 8.95. The number of hydrogen-bond donors (Lipinski definition) is 2. The molecular formula is C13H19N3O3. The molecule has 0 aromatic carbocycles. The van der Waals surface area contributed by atoms with Gasteiger partial charge in [-0.2, -0.15) is 5.10 Å². The maximum absolute atomic E-state index is 11.9. The van der Waals surface area contributed by atoms with Crippen LogP contribution in [0.15, 0.2) is 6.07 Å². The second-order valence-electron chi connectivity index (χ2n) is 5.20. The number of aromatic nitrogens is 2. The second kappa shape index (κ2) is 5.42. The molecule has 1 aliphatic rings. The number of carboxylic acid groups (broad SMARTS) is 1. The molecule has 1 aromatic rings. The number of aryl methyl sites for hydroxylation is 2. The molecule has 1 heterocycles. The molecule has 0 saturated heterocycles. The van der Waals surface area contributed by atoms with Gasteiger partial charge in [0.15, 0.2) is 0 Å². The number of carbonyl (C=O) groups is 2. The molecule has 0 radical (unpaired) electrons. The highest BCUT2D eigenvalue weighted by atomic mass is 16.4. The van der Waals surface area contributed by atoms with Crippen LogP contribution in [0.25, 0.3) is 0 Å². The zero-order valence-corrected chi connectivity index (χ0v) is 11.2. The predicted octanol–water partition coefficient (Wildman–Crippen LogP) is 0.869. The van der Waals surface area contributed by atoms with Crippen molar-refractivity contribution in [3.05, 3.63) is 17.5 Å². The fourth-order valence-electron chi connectivity index (χ4n) is 2.58. The molecule has 1 aliphatic carbocycles. The topological polar surface area (TPSA) is 84.2 Å². The minimum atomic E-state index is -0.768. The molecule has 1 fully saturated rings. The van der Waals surface area contributed by atoms with Crippen molar-refractivity contribution in [3.63, 3.8) is 0 Å². The molecule has 1 aromatic heterocycles. The summed E-state index contributed by atoms with van der Waals surface area (Å²) in [6, 6.07) is 1.90. The third-order valence-corrected chi connectivity index (χ3v) is 3.54. The van der Waals surface area contributed by atoms with Crippen LogP contribution in [0.5, 0.6) is 0 Å². The summed E-state index contributed by atoms with van der Waals surface area (Å²) in [6.07, 6.45) is 1.90. The van der Waals surface area contributed by atoms with Crippen LogP contribution >= 0.6 is 0 Å². The first-order valence-corrected chi connectivity index (χ1v) is 6.49. The lowest BCUT2D eigenvalue weighted by Crippen LogP contribution is -2.36. The van der Waals surface area contributed by atoms with E-state index in [1.165, 1.54) is 0 Å². The molecule has 2 rings (SSSR count). The Hall–Kier alpha value is -1.85. The highest BCUT2D eigenvalue weighted by Gasteiger charge is 2.30. The molecule has 19 heavy (non-hydrogen) atoms. The molecule has 6 heteroatoms. The Kier molecular flexibility index (Phi) is 3.87. The van der Waals surface area contributed by atoms with Crippen LogP contribution < -0.4 is 5.32 Å². The number of nitrogens with one attached hydrogen (secondary N) is 1. The minimum Gasteiger partial charge on any atom is -0.481 e. The summed E-state index contributed by atoms with van der Waals surface area (Å²) >= 11 is 0. The number of rotatable bonds is 4. The highest BCUT2D eigenvalue weighted by Crippen LogP contribution is 2.25. The summed E-state index contributed by atoms with van der Waals surface area (Å²) in [4.78, 5) is 22.7. The normalized spacial score (nSPS) is 22.4. The van der Waals surface area contributed by atoms with Gasteiger partial charge >= 0.3 is 5.97 Å². The number of amides is 1. The van der Waals surface area contributed by atoms with Gasteiger partial charge in [0.2, 0.25) is 5.91 Å². The van der Waals surface area contributed by atoms with E-state index < -0.39 is 5.97 Å². The lowest BCUT2D eigenvalue weighted by atomic mass is 10.1. The van der Waals surface area contributed by atoms with Crippen LogP contribution in [0.3, 0.4) is 0 Å². The predicted molar refractivity (Wildman–Crippen MR) is 68.6 cm³/mol. The van der Waals surface area contributed by atoms with Gasteiger partial charge in [-0.25, -0.2) is 0 Å². The van der Waals surface area contributed by atoms with Gasteiger partial charge < -0.3 is 10.4 Å². The molecule has 0 bridgehead atoms. The lowest BCUT2D eigenvalue weighted by Gasteiger charge is -2.13. The molecule has 1 amide bonds. The van der Waals surface area contributed by atoms with Crippen molar-refractivity contribution >= 4 is 11.9 Å². The van der Waals surface area contributed by atoms with E-state index in [2.05, 4.69) is 10.4 Å². The smallest absolute Gasteiger partial charge is 0.306 e. The van der Waals surface area contributed by atoms with Crippen LogP contribution in [0.2, 0.25) is 0 Å². The molecular weight excluding hydrogens is 246 g/mol. The number of carboxylic acids is 1. The monoisotopic (exact) mass is 265 g/mol. The van der Waals surface area contributed by atoms with Crippen LogP contribution in [0.4, 0.5) is 0 Å². The Bertz CT molecular complexity index is 495. The summed E-state index contributed by atoms with van der Waals surface area (Å²) in [5, 5.41) is 16.0. The Labute approximate surface area is 111 Å². The zero-order chi connectivity index (χ0) is 14.0. The van der Waals surface area contributed by atoms with E-state index in [1.807, 2.05) is 19.9 Å². The Balaban J connectivity index is 1.85. The van der Waals surface area contributed by atoms with E-state index >= 15 is 0 Å². The summed E-state index contributed by atoms with van der Waals surface area (Å²) in [5.74, 6) is -1.20. The van der Waals surface area contributed by atoms with Crippen LogP contribution in [0.1, 0.15) is 30.7 Å². The summed E-state index contributed by atoms with van der Waals surface area (Å²) in [6.45, 7) is 3.98. The van der Waals surface area contributed by atoms with E-state index in [0.717, 1.165) is 17.8 Å². The number of aliphatic carboxylic acids is 1. The molecule has 2 N–H and O–H groups in total. The lowest BCUT2D eigenvalue weighted by molar-refractivity contribution is -0.141. The van der Waals surface area contributed by atoms with Gasteiger partial charge in [0, 0.05) is 11.7 Å². The van der Waals surface area contributed by atoms with Gasteiger partial charge in [-0.05, 0) is 39.2 Å². The van der Waals surface area contributed by atoms with Crippen molar-refractivity contribution in [2.75, 3.05) is 0 Å². The van der Waals surface area contributed by atoms with Crippen molar-refractivity contribution in [3.8, 4) is 0 Å². The van der Waals surface area contributed by atoms with E-state index in [9.17, 15) is 9.59 Å². The first-order valence-electron chi connectivity index (χ1n) is 6.49. The Morgan fingerprint density at radius 2 is 2.21 bits per heavy atom. The SMILES string of the molecule is Cc1cc(C)n(CC(=O)N[C@H]2CC[C@@H](C(=O)O)C2)n1. The van der Waals surface area contributed by atoms with E-state index in [4.69, 9.17) is 5.11 Å². The van der Waals surface area contributed by atoms with Gasteiger partial charge in [-0.15, -0.1) is 0 Å². The van der Waals surface area contributed by atoms with Crippen LogP contribution in [-0.4, -0.2) is 32.8 Å². The number of carbonyl (C=O) groups excluding carboxylic acids is 1. The highest BCUT2D eigenvalue weighted by molar-refractivity contribution is 5.76. The molecule has 104 valence electrons. The van der Waals surface area contributed by atoms with Crippen LogP contribution in [0, 0.1) is 19.8 Å². The van der Waals surface area contributed by atoms with Crippen molar-refractivity contribution in [2.24, 2.45) is 5.92 Å². The largest absolute Gasteiger partial charge is 0.481 e. The van der Waals surface area contributed by atoms with Gasteiger partial charge in [-0.3, -0.25) is 14.3 Å². The molecule has 0 unspecified atom stereocenters. The minimum absolute atomic E-state index is 0.0226. The fourth-order valence-corrected chi connectivity index (χ4v) is 2.58. The van der Waals surface area contributed by atoms with Gasteiger partial charge in [0.25, 0.3) is 0 Å². The van der Waals surface area contributed by atoms with E-state index in [1.54, 1.807) is 4.68 Å². The Morgan fingerprint density at radius 1 is 1.47 bits per heavy atom. The average molecular weight is 265 g/mol. The number of hydrogen-bond acceptors (Lipinski definition) is 3. The van der Waals surface area contributed by atoms with Gasteiger partial charge in [-0.1, -0.05) is 0 Å². The van der Waals surface area contributed by atoms with Gasteiger partial charge in [0.05, 0.1) is 11.6 Å². The maximum atomic E-state index is 11.9. The van der Waals surface area contributed by atoms with E-state index in [-0.39, 0.29) is 24.4 Å². The van der Waals surface area contributed by atoms with E-state index in [0.29, 0.717) is 12.8 Å². The van der Waals surface area contributed by atoms with Crippen molar-refractivity contribution in [1.29, 1.82) is 0 Å². The van der Waals surface area contributed by atoms with Crippen molar-refractivity contribution < 1.29 is 14.7 Å². The van der Waals surface area contributed by atoms with Crippen molar-refractivity contribution in [2.45, 2.75) is 45.7 Å². The summed E-state index contributed by atoms with van der Waals surface area (Å²) in [5.41, 5.74) is 1.83. The fraction of sp³-hybridized carbons (Fsp3) is 0.615. The molecule has 1 saturated carbocycles. The van der Waals surface area contributed by atoms with Crippen molar-refractivity contribution in [1.82, 2.24) is 15.1 Å². The summed E-state index contributed by atoms with van der Waals surface area (Å²) in [7, 11) is 0. The zero-order valence-electron chi connectivity index (χ0n) is 11.2. The average Bonchev–Trinajstić information content (AvgIpc) is 2.87. The molecule has 2 atom stereocenters. The van der Waals surface area contributed by atoms with Gasteiger partial charge in [0.1, 0.15) is 6.54 Å². The number of nitrogens with zero attached hydrogens (tertiary/aromatic N) is 2. The third-order valence-electron chi connectivity index (χ3n) is 3.54. The maximum Gasteiger partial charge on any atom is 0.306 e. The van der Waals surface area contributed by atoms with Crippen LogP contribution in [-0.2, 0) is 16.1 Å². The standard InChI is InChI=1S/C13H19N3O3/c1-8-5-9(2)16(15-8)7-12(17)14-11-4-3-10(6-11)13(18)19/h5,10-11H,3-4,6-7H2,1-2H3,(H,14,17)(H,18,19)/t10-,11+/m1/s1. The first kappa shape index (κ1) is 13.6. The molecule has 0 spiro atoms. The molecule has 0 aliphatic heterocycles. The Morgan fingerprint density at radius 3 is 2.74 bits per heavy atom. The third kappa shape index (κ3) is 3.33. The summed E-state index contributed by atoms with van der Waals surface area (Å²) < 4.78 is 1.66. The molecule has 6 nitrogen and oxygen atoms in total. The quantitative estimate of drug-likeness (QED) is 0.846.